The van der Waals surface area contributed by atoms with E-state index in [0.29, 0.717) is 0 Å². The third kappa shape index (κ3) is 6.50. The zero-order valence-electron chi connectivity index (χ0n) is 14.8. The molecule has 0 atom stereocenters. The van der Waals surface area contributed by atoms with Crippen molar-refractivity contribution >= 4 is 38.9 Å². The minimum atomic E-state index is -3.66. The van der Waals surface area contributed by atoms with E-state index in [-0.39, 0.29) is 34.3 Å². The van der Waals surface area contributed by atoms with Crippen LogP contribution in [0.2, 0.25) is 0 Å². The number of hydrogen-bond donors (Lipinski definition) is 3. The van der Waals surface area contributed by atoms with E-state index in [1.807, 2.05) is 0 Å². The molecule has 0 fully saturated rings. The van der Waals surface area contributed by atoms with Gasteiger partial charge in [0.2, 0.25) is 15.9 Å². The van der Waals surface area contributed by atoms with Gasteiger partial charge in [0, 0.05) is 18.3 Å². The van der Waals surface area contributed by atoms with E-state index in [1.54, 1.807) is 0 Å². The summed E-state index contributed by atoms with van der Waals surface area (Å²) in [6, 6.07) is 9.24. The molecular weight excluding hydrogens is 396 g/mol. The van der Waals surface area contributed by atoms with Crippen LogP contribution >= 0.6 is 0 Å². The predicted octanol–water partition coefficient (Wildman–Crippen LogP) is 2.87. The van der Waals surface area contributed by atoms with Crippen LogP contribution in [-0.4, -0.2) is 33.1 Å². The lowest BCUT2D eigenvalue weighted by Gasteiger charge is -2.13. The van der Waals surface area contributed by atoms with Gasteiger partial charge in [-0.1, -0.05) is 0 Å². The van der Waals surface area contributed by atoms with Gasteiger partial charge in [-0.05, 0) is 42.5 Å². The lowest BCUT2D eigenvalue weighted by atomic mass is 10.1. The van der Waals surface area contributed by atoms with E-state index in [0.717, 1.165) is 6.26 Å². The van der Waals surface area contributed by atoms with Gasteiger partial charge < -0.3 is 15.4 Å². The van der Waals surface area contributed by atoms with Crippen molar-refractivity contribution in [3.05, 3.63) is 48.0 Å². The number of hydrogen-bond acceptors (Lipinski definition) is 5. The van der Waals surface area contributed by atoms with Crippen molar-refractivity contribution in [3.63, 3.8) is 0 Å². The van der Waals surface area contributed by atoms with Crippen LogP contribution in [-0.2, 0) is 14.8 Å². The Balaban J connectivity index is 2.29. The quantitative estimate of drug-likeness (QED) is 0.646. The number of amides is 2. The van der Waals surface area contributed by atoms with E-state index in [4.69, 9.17) is 0 Å². The first-order chi connectivity index (χ1) is 13.0. The average molecular weight is 413 g/mol. The molecule has 2 aromatic rings. The summed E-state index contributed by atoms with van der Waals surface area (Å²) in [5.74, 6) is -1.13. The van der Waals surface area contributed by atoms with Gasteiger partial charge in [0.05, 0.1) is 17.5 Å². The fraction of sp³-hybridized carbons (Fsp3) is 0.176. The van der Waals surface area contributed by atoms with Crippen molar-refractivity contribution in [3.8, 4) is 5.75 Å². The fourth-order valence-corrected chi connectivity index (χ4v) is 2.80. The molecule has 8 nitrogen and oxygen atoms in total. The molecule has 0 heterocycles. The van der Waals surface area contributed by atoms with Crippen LogP contribution in [0, 0.1) is 0 Å². The minimum absolute atomic E-state index is 0.00626. The number of carbonyl (C=O) groups is 2. The number of nitrogens with one attached hydrogen (secondary N) is 3. The molecule has 0 saturated carbocycles. The number of anilines is 3. The van der Waals surface area contributed by atoms with Crippen molar-refractivity contribution in [2.24, 2.45) is 0 Å². The predicted molar refractivity (Wildman–Crippen MR) is 100 cm³/mol. The lowest BCUT2D eigenvalue weighted by Crippen LogP contribution is -2.18. The average Bonchev–Trinajstić information content (AvgIpc) is 2.55. The summed E-state index contributed by atoms with van der Waals surface area (Å²) in [6.45, 7) is -1.69. The first-order valence-corrected chi connectivity index (χ1v) is 9.68. The number of alkyl halides is 2. The van der Waals surface area contributed by atoms with Gasteiger partial charge in [0.15, 0.2) is 0 Å². The second-order valence-electron chi connectivity index (χ2n) is 5.67. The Morgan fingerprint density at radius 3 is 2.14 bits per heavy atom. The summed E-state index contributed by atoms with van der Waals surface area (Å²) >= 11 is 0. The highest BCUT2D eigenvalue weighted by atomic mass is 32.2. The van der Waals surface area contributed by atoms with Crippen LogP contribution in [0.3, 0.4) is 0 Å². The van der Waals surface area contributed by atoms with Crippen molar-refractivity contribution in [1.82, 2.24) is 0 Å². The smallest absolute Gasteiger partial charge is 0.387 e. The molecule has 2 amide bonds. The Kier molecular flexibility index (Phi) is 6.52. The van der Waals surface area contributed by atoms with Gasteiger partial charge in [-0.25, -0.2) is 8.42 Å². The summed E-state index contributed by atoms with van der Waals surface area (Å²) in [4.78, 5) is 23.8. The van der Waals surface area contributed by atoms with E-state index in [2.05, 4.69) is 20.1 Å². The maximum atomic E-state index is 12.6. The number of sulfonamides is 1. The van der Waals surface area contributed by atoms with Crippen molar-refractivity contribution in [2.45, 2.75) is 13.5 Å². The van der Waals surface area contributed by atoms with Crippen LogP contribution < -0.4 is 20.1 Å². The molecule has 0 spiro atoms. The number of rotatable bonds is 7. The molecule has 0 bridgehead atoms. The highest BCUT2D eigenvalue weighted by Crippen LogP contribution is 2.24. The normalized spacial score (nSPS) is 11.0. The summed E-state index contributed by atoms with van der Waals surface area (Å²) in [5, 5.41) is 5.01. The first-order valence-electron chi connectivity index (χ1n) is 7.79. The zero-order valence-corrected chi connectivity index (χ0v) is 15.6. The Labute approximate surface area is 159 Å². The molecule has 0 aliphatic rings. The van der Waals surface area contributed by atoms with E-state index in [9.17, 15) is 26.8 Å². The van der Waals surface area contributed by atoms with E-state index >= 15 is 0 Å². The van der Waals surface area contributed by atoms with Gasteiger partial charge in [-0.2, -0.15) is 8.78 Å². The van der Waals surface area contributed by atoms with Crippen LogP contribution in [0.1, 0.15) is 17.3 Å². The molecule has 0 saturated heterocycles. The number of halogens is 2. The zero-order chi connectivity index (χ0) is 20.9. The van der Waals surface area contributed by atoms with Gasteiger partial charge in [-0.3, -0.25) is 14.3 Å². The summed E-state index contributed by atoms with van der Waals surface area (Å²) in [5.41, 5.74) is 0.510. The third-order valence-corrected chi connectivity index (χ3v) is 3.81. The maximum Gasteiger partial charge on any atom is 0.387 e. The van der Waals surface area contributed by atoms with Crippen LogP contribution in [0.25, 0.3) is 0 Å². The lowest BCUT2D eigenvalue weighted by molar-refractivity contribution is -0.114. The molecule has 0 aromatic heterocycles. The largest absolute Gasteiger partial charge is 0.435 e. The summed E-state index contributed by atoms with van der Waals surface area (Å²) in [6.07, 6.45) is 0.929. The molecule has 150 valence electrons. The SMILES string of the molecule is CC(=O)Nc1ccc(NS(C)(=O)=O)c(C(=O)Nc2ccc(OC(F)F)cc2)c1. The Bertz CT molecular complexity index is 979. The van der Waals surface area contributed by atoms with E-state index in [1.165, 1.54) is 49.4 Å². The standard InChI is InChI=1S/C17H17F2N3O5S/c1-10(23)20-12-5-8-15(22-28(2,25)26)14(9-12)16(24)21-11-3-6-13(7-4-11)27-17(18)19/h3-9,17,22H,1-2H3,(H,20,23)(H,21,24). The second-order valence-corrected chi connectivity index (χ2v) is 7.42. The Morgan fingerprint density at radius 2 is 1.61 bits per heavy atom. The minimum Gasteiger partial charge on any atom is -0.435 e. The maximum absolute atomic E-state index is 12.6. The number of benzene rings is 2. The highest BCUT2D eigenvalue weighted by Gasteiger charge is 2.16. The molecular formula is C17H17F2N3O5S. The first kappa shape index (κ1) is 21.1. The number of carbonyl (C=O) groups excluding carboxylic acids is 2. The van der Waals surface area contributed by atoms with E-state index < -0.39 is 22.5 Å². The third-order valence-electron chi connectivity index (χ3n) is 3.22. The topological polar surface area (TPSA) is 114 Å². The Morgan fingerprint density at radius 1 is 1.00 bits per heavy atom. The van der Waals surface area contributed by atoms with Crippen molar-refractivity contribution in [2.75, 3.05) is 21.6 Å². The van der Waals surface area contributed by atoms with Crippen molar-refractivity contribution in [1.29, 1.82) is 0 Å². The van der Waals surface area contributed by atoms with Crippen LogP contribution in [0.4, 0.5) is 25.8 Å². The molecule has 11 heteroatoms. The highest BCUT2D eigenvalue weighted by molar-refractivity contribution is 7.92. The van der Waals surface area contributed by atoms with Crippen LogP contribution in [0.15, 0.2) is 42.5 Å². The second kappa shape index (κ2) is 8.65. The monoisotopic (exact) mass is 413 g/mol. The van der Waals surface area contributed by atoms with Crippen molar-refractivity contribution < 1.29 is 31.5 Å². The number of ether oxygens (including phenoxy) is 1. The van der Waals surface area contributed by atoms with Gasteiger partial charge in [0.25, 0.3) is 5.91 Å². The molecule has 0 unspecified atom stereocenters. The molecule has 0 aliphatic carbocycles. The summed E-state index contributed by atoms with van der Waals surface area (Å²) in [7, 11) is -3.66. The molecule has 2 rings (SSSR count). The van der Waals surface area contributed by atoms with Gasteiger partial charge in [-0.15, -0.1) is 0 Å². The molecule has 3 N–H and O–H groups in total. The Hall–Kier alpha value is -3.21. The molecule has 2 aromatic carbocycles. The molecule has 0 aliphatic heterocycles. The van der Waals surface area contributed by atoms with Gasteiger partial charge in [0.1, 0.15) is 5.75 Å². The fourth-order valence-electron chi connectivity index (χ4n) is 2.22. The molecule has 28 heavy (non-hydrogen) atoms. The van der Waals surface area contributed by atoms with Gasteiger partial charge >= 0.3 is 6.61 Å². The van der Waals surface area contributed by atoms with Crippen LogP contribution in [0.5, 0.6) is 5.75 Å². The molecule has 0 radical (unpaired) electrons. The summed E-state index contributed by atoms with van der Waals surface area (Å²) < 4.78 is 53.9.